The fourth-order valence-corrected chi connectivity index (χ4v) is 3.44. The second-order valence-corrected chi connectivity index (χ2v) is 7.83. The van der Waals surface area contributed by atoms with Crippen LogP contribution in [0.1, 0.15) is 18.4 Å². The predicted molar refractivity (Wildman–Crippen MR) is 115 cm³/mol. The van der Waals surface area contributed by atoms with Crippen LogP contribution in [-0.2, 0) is 4.79 Å². The molecule has 12 heteroatoms. The third-order valence-electron chi connectivity index (χ3n) is 5.02. The van der Waals surface area contributed by atoms with Crippen LogP contribution in [0.2, 0.25) is 5.02 Å². The number of fused-ring (bicyclic) bond motifs is 1. The zero-order chi connectivity index (χ0) is 22.4. The molecule has 3 aromatic rings. The van der Waals surface area contributed by atoms with Gasteiger partial charge in [-0.15, -0.1) is 0 Å². The van der Waals surface area contributed by atoms with Crippen LogP contribution in [-0.4, -0.2) is 49.3 Å². The molecule has 164 valence electrons. The van der Waals surface area contributed by atoms with E-state index in [9.17, 15) is 19.1 Å². The second kappa shape index (κ2) is 7.77. The number of hydrogen-bond donors (Lipinski definition) is 4. The molecular weight excluding hydrogens is 441 g/mol. The maximum absolute atomic E-state index is 14.2. The van der Waals surface area contributed by atoms with Crippen LogP contribution in [0.5, 0.6) is 0 Å². The van der Waals surface area contributed by atoms with Gasteiger partial charge in [-0.2, -0.15) is 9.61 Å². The number of carbonyl (C=O) groups is 2. The van der Waals surface area contributed by atoms with Gasteiger partial charge in [-0.05, 0) is 37.1 Å². The molecule has 2 fully saturated rings. The SMILES string of the molecule is O=C1NC(=Cc2cnn3c(NC4CC4)cc(Nc4cc(Cl)ccc4F)nc23)C(=O)N1CO. The molecule has 0 unspecified atom stereocenters. The standard InChI is InChI=1S/C20H17ClFN7O3/c21-11-1-4-13(22)14(6-11)25-16-7-17(24-12-2-3-12)29-18(27-16)10(8-23-29)5-15-19(31)28(9-30)20(32)26-15/h1,4-8,12,24,30H,2-3,9H2,(H,25,27)(H,26,32). The number of rotatable bonds is 6. The summed E-state index contributed by atoms with van der Waals surface area (Å²) in [5.41, 5.74) is 0.958. The van der Waals surface area contributed by atoms with Gasteiger partial charge in [0.05, 0.1) is 11.9 Å². The van der Waals surface area contributed by atoms with E-state index < -0.39 is 24.5 Å². The molecule has 1 aromatic carbocycles. The molecule has 3 amide bonds. The summed E-state index contributed by atoms with van der Waals surface area (Å²) in [5, 5.41) is 22.6. The minimum Gasteiger partial charge on any atom is -0.376 e. The lowest BCUT2D eigenvalue weighted by atomic mass is 10.2. The van der Waals surface area contributed by atoms with Gasteiger partial charge in [0.25, 0.3) is 5.91 Å². The normalized spacial score (nSPS) is 17.3. The van der Waals surface area contributed by atoms with E-state index in [1.165, 1.54) is 30.5 Å². The first-order valence-corrected chi connectivity index (χ1v) is 10.1. The number of anilines is 3. The number of imide groups is 1. The van der Waals surface area contributed by atoms with E-state index in [1.807, 2.05) is 0 Å². The predicted octanol–water partition coefficient (Wildman–Crippen LogP) is 2.68. The number of aliphatic hydroxyl groups excluding tert-OH is 1. The van der Waals surface area contributed by atoms with Crippen molar-refractivity contribution in [2.24, 2.45) is 0 Å². The number of nitrogens with one attached hydrogen (secondary N) is 3. The maximum atomic E-state index is 14.2. The quantitative estimate of drug-likeness (QED) is 0.331. The Bertz CT molecular complexity index is 1290. The van der Waals surface area contributed by atoms with E-state index in [0.29, 0.717) is 38.8 Å². The summed E-state index contributed by atoms with van der Waals surface area (Å²) in [7, 11) is 0. The Balaban J connectivity index is 1.57. The van der Waals surface area contributed by atoms with Crippen LogP contribution in [0.4, 0.5) is 26.5 Å². The Hall–Kier alpha value is -3.70. The number of halogens is 2. The lowest BCUT2D eigenvalue weighted by molar-refractivity contribution is -0.125. The molecule has 1 saturated carbocycles. The Labute approximate surface area is 185 Å². The molecule has 5 rings (SSSR count). The molecule has 0 radical (unpaired) electrons. The van der Waals surface area contributed by atoms with Crippen LogP contribution in [0.15, 0.2) is 36.2 Å². The molecule has 0 atom stereocenters. The summed E-state index contributed by atoms with van der Waals surface area (Å²) in [6, 6.07) is 5.43. The number of hydrogen-bond acceptors (Lipinski definition) is 7. The summed E-state index contributed by atoms with van der Waals surface area (Å²) in [6.07, 6.45) is 4.96. The topological polar surface area (TPSA) is 124 Å². The van der Waals surface area contributed by atoms with Crippen molar-refractivity contribution in [3.63, 3.8) is 0 Å². The van der Waals surface area contributed by atoms with Crippen molar-refractivity contribution in [3.05, 3.63) is 52.6 Å². The minimum absolute atomic E-state index is 0.0169. The highest BCUT2D eigenvalue weighted by molar-refractivity contribution is 6.30. The molecular formula is C20H17ClFN7O3. The highest BCUT2D eigenvalue weighted by atomic mass is 35.5. The Morgan fingerprint density at radius 1 is 1.31 bits per heavy atom. The summed E-state index contributed by atoms with van der Waals surface area (Å²) in [4.78, 5) is 29.3. The lowest BCUT2D eigenvalue weighted by Gasteiger charge is -2.12. The number of nitrogens with zero attached hydrogens (tertiary/aromatic N) is 4. The lowest BCUT2D eigenvalue weighted by Crippen LogP contribution is -2.31. The van der Waals surface area contributed by atoms with E-state index in [4.69, 9.17) is 11.6 Å². The number of aliphatic hydroxyl groups is 1. The Kier molecular flexibility index (Phi) is 4.91. The van der Waals surface area contributed by atoms with Crippen molar-refractivity contribution in [2.45, 2.75) is 18.9 Å². The third-order valence-corrected chi connectivity index (χ3v) is 5.26. The zero-order valence-corrected chi connectivity index (χ0v) is 17.2. The van der Waals surface area contributed by atoms with E-state index in [2.05, 4.69) is 26.0 Å². The second-order valence-electron chi connectivity index (χ2n) is 7.39. The van der Waals surface area contributed by atoms with Gasteiger partial charge in [0.2, 0.25) is 0 Å². The fraction of sp³-hybridized carbons (Fsp3) is 0.200. The van der Waals surface area contributed by atoms with Gasteiger partial charge in [-0.1, -0.05) is 11.6 Å². The molecule has 1 aliphatic heterocycles. The van der Waals surface area contributed by atoms with E-state index in [1.54, 1.807) is 10.6 Å². The highest BCUT2D eigenvalue weighted by Gasteiger charge is 2.33. The molecule has 2 aromatic heterocycles. The van der Waals surface area contributed by atoms with Gasteiger partial charge in [0.1, 0.15) is 29.9 Å². The summed E-state index contributed by atoms with van der Waals surface area (Å²) in [6.45, 7) is -0.732. The van der Waals surface area contributed by atoms with Crippen molar-refractivity contribution in [3.8, 4) is 0 Å². The van der Waals surface area contributed by atoms with Gasteiger partial charge in [-0.25, -0.2) is 19.1 Å². The van der Waals surface area contributed by atoms with Crippen molar-refractivity contribution >= 4 is 52.6 Å². The van der Waals surface area contributed by atoms with Gasteiger partial charge in [-0.3, -0.25) is 4.79 Å². The van der Waals surface area contributed by atoms with Crippen molar-refractivity contribution in [1.29, 1.82) is 0 Å². The molecule has 0 spiro atoms. The van der Waals surface area contributed by atoms with Gasteiger partial charge in [0.15, 0.2) is 5.65 Å². The summed E-state index contributed by atoms with van der Waals surface area (Å²) < 4.78 is 15.8. The first-order valence-electron chi connectivity index (χ1n) is 9.76. The van der Waals surface area contributed by atoms with E-state index in [-0.39, 0.29) is 11.4 Å². The molecule has 3 heterocycles. The average molecular weight is 458 g/mol. The van der Waals surface area contributed by atoms with Crippen molar-refractivity contribution < 1.29 is 19.1 Å². The van der Waals surface area contributed by atoms with Gasteiger partial charge in [0, 0.05) is 22.7 Å². The molecule has 2 aliphatic rings. The third kappa shape index (κ3) is 3.72. The Morgan fingerprint density at radius 3 is 2.84 bits per heavy atom. The van der Waals surface area contributed by atoms with Crippen LogP contribution >= 0.6 is 11.6 Å². The maximum Gasteiger partial charge on any atom is 0.330 e. The number of amides is 3. The van der Waals surface area contributed by atoms with Crippen molar-refractivity contribution in [2.75, 3.05) is 17.4 Å². The molecule has 32 heavy (non-hydrogen) atoms. The average Bonchev–Trinajstić information content (AvgIpc) is 3.42. The van der Waals surface area contributed by atoms with Gasteiger partial charge < -0.3 is 21.1 Å². The van der Waals surface area contributed by atoms with Crippen LogP contribution in [0.3, 0.4) is 0 Å². The fourth-order valence-electron chi connectivity index (χ4n) is 3.27. The Morgan fingerprint density at radius 2 is 2.12 bits per heavy atom. The number of benzene rings is 1. The summed E-state index contributed by atoms with van der Waals surface area (Å²) >= 11 is 5.99. The minimum atomic E-state index is -0.732. The van der Waals surface area contributed by atoms with Crippen LogP contribution < -0.4 is 16.0 Å². The largest absolute Gasteiger partial charge is 0.376 e. The van der Waals surface area contributed by atoms with Crippen LogP contribution in [0, 0.1) is 5.82 Å². The first-order chi connectivity index (χ1) is 15.4. The molecule has 4 N–H and O–H groups in total. The molecule has 1 saturated heterocycles. The smallest absolute Gasteiger partial charge is 0.330 e. The number of aromatic nitrogens is 3. The number of carbonyl (C=O) groups excluding carboxylic acids is 2. The number of urea groups is 1. The monoisotopic (exact) mass is 457 g/mol. The van der Waals surface area contributed by atoms with E-state index >= 15 is 0 Å². The molecule has 1 aliphatic carbocycles. The van der Waals surface area contributed by atoms with Gasteiger partial charge >= 0.3 is 6.03 Å². The van der Waals surface area contributed by atoms with Crippen LogP contribution in [0.25, 0.3) is 11.7 Å². The molecule has 10 nitrogen and oxygen atoms in total. The summed E-state index contributed by atoms with van der Waals surface area (Å²) in [5.74, 6) is -0.193. The first kappa shape index (κ1) is 20.2. The molecule has 0 bridgehead atoms. The highest BCUT2D eigenvalue weighted by Crippen LogP contribution is 2.29. The zero-order valence-electron chi connectivity index (χ0n) is 16.5. The van der Waals surface area contributed by atoms with E-state index in [0.717, 1.165) is 12.8 Å². The van der Waals surface area contributed by atoms with Crippen molar-refractivity contribution in [1.82, 2.24) is 24.8 Å².